The fourth-order valence-corrected chi connectivity index (χ4v) is 2.69. The molecular weight excluding hydrogens is 376 g/mol. The predicted molar refractivity (Wildman–Crippen MR) is 110 cm³/mol. The molecule has 2 rings (SSSR count). The molecule has 1 atom stereocenters. The number of nitrogens with one attached hydrogen (secondary N) is 2. The van der Waals surface area contributed by atoms with E-state index in [0.717, 1.165) is 11.3 Å². The van der Waals surface area contributed by atoms with E-state index in [9.17, 15) is 4.79 Å². The summed E-state index contributed by atoms with van der Waals surface area (Å²) >= 11 is 0. The van der Waals surface area contributed by atoms with Crippen molar-refractivity contribution in [1.82, 2.24) is 10.6 Å². The molecule has 8 nitrogen and oxygen atoms in total. The lowest BCUT2D eigenvalue weighted by atomic mass is 10.1. The van der Waals surface area contributed by atoms with Gasteiger partial charge in [-0.15, -0.1) is 0 Å². The summed E-state index contributed by atoms with van der Waals surface area (Å²) in [4.78, 5) is 12.2. The maximum atomic E-state index is 12.2. The van der Waals surface area contributed by atoms with Crippen LogP contribution >= 0.6 is 0 Å². The van der Waals surface area contributed by atoms with Gasteiger partial charge in [-0.3, -0.25) is 0 Å². The van der Waals surface area contributed by atoms with Crippen LogP contribution in [0, 0.1) is 0 Å². The van der Waals surface area contributed by atoms with Crippen LogP contribution in [0.2, 0.25) is 0 Å². The van der Waals surface area contributed by atoms with E-state index in [-0.39, 0.29) is 12.1 Å². The Morgan fingerprint density at radius 1 is 0.897 bits per heavy atom. The number of benzene rings is 2. The highest BCUT2D eigenvalue weighted by Gasteiger charge is 2.17. The lowest BCUT2D eigenvalue weighted by Gasteiger charge is -2.19. The third-order valence-corrected chi connectivity index (χ3v) is 4.25. The van der Waals surface area contributed by atoms with E-state index in [1.54, 1.807) is 40.6 Å². The fraction of sp³-hybridized carbons (Fsp3) is 0.381. The average Bonchev–Trinajstić information content (AvgIpc) is 2.75. The van der Waals surface area contributed by atoms with E-state index in [1.807, 2.05) is 31.2 Å². The van der Waals surface area contributed by atoms with Gasteiger partial charge in [0.15, 0.2) is 11.5 Å². The number of rotatable bonds is 10. The summed E-state index contributed by atoms with van der Waals surface area (Å²) in [5, 5.41) is 5.64. The molecule has 0 aliphatic heterocycles. The third-order valence-electron chi connectivity index (χ3n) is 4.25. The molecule has 2 N–H and O–H groups in total. The van der Waals surface area contributed by atoms with Crippen LogP contribution in [-0.4, -0.2) is 47.6 Å². The first-order valence-electron chi connectivity index (χ1n) is 9.13. The molecule has 0 bridgehead atoms. The van der Waals surface area contributed by atoms with Crippen molar-refractivity contribution in [3.63, 3.8) is 0 Å². The molecule has 0 saturated heterocycles. The van der Waals surface area contributed by atoms with Crippen LogP contribution < -0.4 is 34.3 Å². The van der Waals surface area contributed by atoms with E-state index in [0.29, 0.717) is 36.1 Å². The quantitative estimate of drug-likeness (QED) is 0.592. The monoisotopic (exact) mass is 404 g/mol. The fourth-order valence-electron chi connectivity index (χ4n) is 2.69. The summed E-state index contributed by atoms with van der Waals surface area (Å²) in [5.41, 5.74) is 0.823. The summed E-state index contributed by atoms with van der Waals surface area (Å²) in [6, 6.07) is 10.3. The molecule has 29 heavy (non-hydrogen) atoms. The third kappa shape index (κ3) is 6.10. The Balaban J connectivity index is 1.85. The highest BCUT2D eigenvalue weighted by atomic mass is 16.5. The van der Waals surface area contributed by atoms with Crippen molar-refractivity contribution in [3.05, 3.63) is 42.0 Å². The van der Waals surface area contributed by atoms with Crippen LogP contribution in [0.3, 0.4) is 0 Å². The topological polar surface area (TPSA) is 87.3 Å². The molecule has 2 aromatic carbocycles. The Hall–Kier alpha value is -3.29. The lowest BCUT2D eigenvalue weighted by molar-refractivity contribution is 0.233. The largest absolute Gasteiger partial charge is 0.497 e. The molecule has 2 aromatic rings. The number of urea groups is 1. The maximum absolute atomic E-state index is 12.2. The van der Waals surface area contributed by atoms with Crippen molar-refractivity contribution < 1.29 is 28.5 Å². The normalized spacial score (nSPS) is 11.2. The SMILES string of the molecule is COc1ccc(OCCNC(=O)NC(C)c2cc(OC)c(OC)c(OC)c2)cc1. The number of hydrogen-bond acceptors (Lipinski definition) is 6. The van der Waals surface area contributed by atoms with Gasteiger partial charge in [0.25, 0.3) is 0 Å². The number of ether oxygens (including phenoxy) is 5. The van der Waals surface area contributed by atoms with Crippen LogP contribution in [0.15, 0.2) is 36.4 Å². The zero-order chi connectivity index (χ0) is 21.2. The molecule has 158 valence electrons. The van der Waals surface area contributed by atoms with Crippen molar-refractivity contribution in [2.45, 2.75) is 13.0 Å². The van der Waals surface area contributed by atoms with E-state index in [2.05, 4.69) is 10.6 Å². The van der Waals surface area contributed by atoms with E-state index in [1.165, 1.54) is 0 Å². The standard InChI is InChI=1S/C21H28N2O6/c1-14(15-12-18(26-3)20(28-5)19(13-15)27-4)23-21(24)22-10-11-29-17-8-6-16(25-2)7-9-17/h6-9,12-14H,10-11H2,1-5H3,(H2,22,23,24). The van der Waals surface area contributed by atoms with Crippen LogP contribution in [0.1, 0.15) is 18.5 Å². The minimum atomic E-state index is -0.301. The van der Waals surface area contributed by atoms with Gasteiger partial charge in [-0.1, -0.05) is 0 Å². The number of carbonyl (C=O) groups excluding carboxylic acids is 1. The van der Waals surface area contributed by atoms with Crippen molar-refractivity contribution in [2.24, 2.45) is 0 Å². The molecular formula is C21H28N2O6. The summed E-state index contributed by atoms with van der Waals surface area (Å²) in [6.45, 7) is 2.58. The first-order valence-corrected chi connectivity index (χ1v) is 9.13. The highest BCUT2D eigenvalue weighted by molar-refractivity contribution is 5.74. The molecule has 0 spiro atoms. The lowest BCUT2D eigenvalue weighted by Crippen LogP contribution is -2.39. The van der Waals surface area contributed by atoms with Crippen LogP contribution in [0.5, 0.6) is 28.7 Å². The Morgan fingerprint density at radius 3 is 2.00 bits per heavy atom. The van der Waals surface area contributed by atoms with E-state index < -0.39 is 0 Å². The predicted octanol–water partition coefficient (Wildman–Crippen LogP) is 3.16. The summed E-state index contributed by atoms with van der Waals surface area (Å²) in [6.07, 6.45) is 0. The molecule has 0 radical (unpaired) electrons. The van der Waals surface area contributed by atoms with Gasteiger partial charge in [-0.25, -0.2) is 4.79 Å². The van der Waals surface area contributed by atoms with E-state index >= 15 is 0 Å². The second-order valence-corrected chi connectivity index (χ2v) is 6.10. The zero-order valence-corrected chi connectivity index (χ0v) is 17.4. The zero-order valence-electron chi connectivity index (χ0n) is 17.4. The van der Waals surface area contributed by atoms with Gasteiger partial charge in [0.05, 0.1) is 41.0 Å². The Morgan fingerprint density at radius 2 is 1.48 bits per heavy atom. The first kappa shape index (κ1) is 22.0. The Bertz CT molecular complexity index is 769. The Kier molecular flexibility index (Phi) is 8.27. The molecule has 0 aliphatic rings. The van der Waals surface area contributed by atoms with Gasteiger partial charge in [0, 0.05) is 0 Å². The van der Waals surface area contributed by atoms with Crippen molar-refractivity contribution >= 4 is 6.03 Å². The van der Waals surface area contributed by atoms with Crippen molar-refractivity contribution in [3.8, 4) is 28.7 Å². The van der Waals surface area contributed by atoms with Crippen molar-refractivity contribution in [2.75, 3.05) is 41.6 Å². The first-order chi connectivity index (χ1) is 14.0. The minimum Gasteiger partial charge on any atom is -0.497 e. The number of hydrogen-bond donors (Lipinski definition) is 2. The number of methoxy groups -OCH3 is 4. The molecule has 0 heterocycles. The van der Waals surface area contributed by atoms with Crippen molar-refractivity contribution in [1.29, 1.82) is 0 Å². The maximum Gasteiger partial charge on any atom is 0.315 e. The minimum absolute atomic E-state index is 0.272. The van der Waals surface area contributed by atoms with Gasteiger partial charge < -0.3 is 34.3 Å². The summed E-state index contributed by atoms with van der Waals surface area (Å²) < 4.78 is 26.7. The Labute approximate surface area is 171 Å². The molecule has 0 saturated carbocycles. The van der Waals surface area contributed by atoms with Crippen LogP contribution in [0.4, 0.5) is 4.79 Å². The van der Waals surface area contributed by atoms with Gasteiger partial charge in [-0.05, 0) is 48.9 Å². The molecule has 0 aliphatic carbocycles. The van der Waals surface area contributed by atoms with Gasteiger partial charge in [0.2, 0.25) is 5.75 Å². The smallest absolute Gasteiger partial charge is 0.315 e. The van der Waals surface area contributed by atoms with Gasteiger partial charge in [-0.2, -0.15) is 0 Å². The highest BCUT2D eigenvalue weighted by Crippen LogP contribution is 2.39. The number of amides is 2. The molecule has 2 amide bonds. The second kappa shape index (κ2) is 10.9. The molecule has 0 fully saturated rings. The van der Waals surface area contributed by atoms with Crippen LogP contribution in [0.25, 0.3) is 0 Å². The van der Waals surface area contributed by atoms with Gasteiger partial charge in [0.1, 0.15) is 18.1 Å². The number of carbonyl (C=O) groups is 1. The second-order valence-electron chi connectivity index (χ2n) is 6.10. The molecule has 1 unspecified atom stereocenters. The van der Waals surface area contributed by atoms with Gasteiger partial charge >= 0.3 is 6.03 Å². The summed E-state index contributed by atoms with van der Waals surface area (Å²) in [7, 11) is 6.25. The average molecular weight is 404 g/mol. The molecule has 0 aromatic heterocycles. The summed E-state index contributed by atoms with van der Waals surface area (Å²) in [5.74, 6) is 3.04. The van der Waals surface area contributed by atoms with Crippen LogP contribution in [-0.2, 0) is 0 Å². The molecule has 8 heteroatoms. The van der Waals surface area contributed by atoms with E-state index in [4.69, 9.17) is 23.7 Å².